The number of nitrogens with zero attached hydrogens (tertiary/aromatic N) is 4. The average Bonchev–Trinajstić information content (AvgIpc) is 3.79. The summed E-state index contributed by atoms with van der Waals surface area (Å²) in [4.78, 5) is 12.2. The van der Waals surface area contributed by atoms with Crippen LogP contribution < -0.4 is 14.7 Å². The van der Waals surface area contributed by atoms with Gasteiger partial charge in [-0.15, -0.1) is 0 Å². The second kappa shape index (κ2) is 16.0. The standard InChI is InChI=1S/C57H40N4O/c1-7-19-43(20-8-1)57-58-56-54(62-57)36-34-42-32-31-41-33-35-49(40-53(41)55(42)56)61(48-29-17-6-18-30-48)52-38-50(59(44-21-9-2-10-22-44)45-23-11-3-12-24-45)37-51(39-52)60(46-25-13-4-14-26-46)47-27-15-5-16-28-47/h1-40H. The Bertz CT molecular complexity index is 3110. The molecule has 0 aliphatic heterocycles. The van der Waals surface area contributed by atoms with Gasteiger partial charge in [0.25, 0.3) is 0 Å². The summed E-state index contributed by atoms with van der Waals surface area (Å²) in [5.41, 5.74) is 11.9. The highest BCUT2D eigenvalue weighted by molar-refractivity contribution is 6.19. The van der Waals surface area contributed by atoms with E-state index in [9.17, 15) is 0 Å². The Morgan fingerprint density at radius 3 is 1.13 bits per heavy atom. The molecule has 1 aromatic heterocycles. The molecule has 0 radical (unpaired) electrons. The molecule has 5 nitrogen and oxygen atoms in total. The molecule has 0 spiro atoms. The highest BCUT2D eigenvalue weighted by Gasteiger charge is 2.23. The summed E-state index contributed by atoms with van der Waals surface area (Å²) in [5.74, 6) is 0.610. The van der Waals surface area contributed by atoms with E-state index in [1.54, 1.807) is 0 Å². The Balaban J connectivity index is 1.18. The molecule has 0 unspecified atom stereocenters. The van der Waals surface area contributed by atoms with E-state index in [4.69, 9.17) is 9.40 Å². The molecule has 62 heavy (non-hydrogen) atoms. The van der Waals surface area contributed by atoms with Gasteiger partial charge in [0.1, 0.15) is 5.52 Å². The Hall–Kier alpha value is -8.41. The van der Waals surface area contributed by atoms with Crippen molar-refractivity contribution in [2.75, 3.05) is 14.7 Å². The fourth-order valence-electron chi connectivity index (χ4n) is 8.55. The van der Waals surface area contributed by atoms with Gasteiger partial charge >= 0.3 is 0 Å². The smallest absolute Gasteiger partial charge is 0.227 e. The lowest BCUT2D eigenvalue weighted by Gasteiger charge is -2.33. The number of para-hydroxylation sites is 5. The van der Waals surface area contributed by atoms with Crippen LogP contribution in [0, 0.1) is 0 Å². The maximum absolute atomic E-state index is 6.41. The van der Waals surface area contributed by atoms with E-state index >= 15 is 0 Å². The molecule has 1 heterocycles. The van der Waals surface area contributed by atoms with Crippen molar-refractivity contribution in [2.45, 2.75) is 0 Å². The summed E-state index contributed by atoms with van der Waals surface area (Å²) in [6, 6.07) is 85.4. The zero-order valence-electron chi connectivity index (χ0n) is 33.8. The first-order chi connectivity index (χ1) is 30.7. The van der Waals surface area contributed by atoms with E-state index in [1.165, 1.54) is 0 Å². The van der Waals surface area contributed by atoms with Crippen molar-refractivity contribution in [3.8, 4) is 11.5 Å². The summed E-state index contributed by atoms with van der Waals surface area (Å²) in [5, 5.41) is 4.39. The molecule has 11 rings (SSSR count). The van der Waals surface area contributed by atoms with Crippen molar-refractivity contribution < 1.29 is 4.42 Å². The number of rotatable bonds is 10. The van der Waals surface area contributed by atoms with Crippen molar-refractivity contribution in [3.63, 3.8) is 0 Å². The largest absolute Gasteiger partial charge is 0.436 e. The van der Waals surface area contributed by atoms with Gasteiger partial charge in [-0.2, -0.15) is 0 Å². The van der Waals surface area contributed by atoms with E-state index in [0.29, 0.717) is 5.89 Å². The molecule has 10 aromatic carbocycles. The van der Waals surface area contributed by atoms with Crippen LogP contribution in [0.2, 0.25) is 0 Å². The Morgan fingerprint density at radius 2 is 0.677 bits per heavy atom. The molecular formula is C57H40N4O. The van der Waals surface area contributed by atoms with Gasteiger partial charge in [-0.05, 0) is 125 Å². The van der Waals surface area contributed by atoms with Crippen molar-refractivity contribution in [3.05, 3.63) is 243 Å². The number of fused-ring (bicyclic) bond motifs is 5. The van der Waals surface area contributed by atoms with Gasteiger partial charge in [-0.1, -0.05) is 133 Å². The molecular weight excluding hydrogens is 757 g/mol. The first-order valence-electron chi connectivity index (χ1n) is 20.9. The van der Waals surface area contributed by atoms with E-state index in [2.05, 4.69) is 221 Å². The third-order valence-corrected chi connectivity index (χ3v) is 11.4. The topological polar surface area (TPSA) is 35.8 Å². The molecule has 0 aliphatic rings. The molecule has 294 valence electrons. The molecule has 0 saturated carbocycles. The third-order valence-electron chi connectivity index (χ3n) is 11.4. The Morgan fingerprint density at radius 1 is 0.306 bits per heavy atom. The quantitative estimate of drug-likeness (QED) is 0.129. The lowest BCUT2D eigenvalue weighted by atomic mass is 9.99. The lowest BCUT2D eigenvalue weighted by Crippen LogP contribution is -2.16. The van der Waals surface area contributed by atoms with Crippen LogP contribution in [0.1, 0.15) is 0 Å². The molecule has 0 aliphatic carbocycles. The van der Waals surface area contributed by atoms with Gasteiger partial charge < -0.3 is 19.1 Å². The van der Waals surface area contributed by atoms with Crippen LogP contribution in [-0.2, 0) is 0 Å². The molecule has 0 bridgehead atoms. The second-order valence-electron chi connectivity index (χ2n) is 15.3. The van der Waals surface area contributed by atoms with E-state index in [1.807, 2.05) is 36.4 Å². The SMILES string of the molecule is c1ccc(-c2nc3c(ccc4ccc5ccc(N(c6ccccc6)c6cc(N(c7ccccc7)c7ccccc7)cc(N(c7ccccc7)c7ccccc7)c6)cc5c43)o2)cc1. The van der Waals surface area contributed by atoms with Crippen LogP contribution in [0.3, 0.4) is 0 Å². The third kappa shape index (κ3) is 6.87. The molecule has 5 heteroatoms. The van der Waals surface area contributed by atoms with Gasteiger partial charge in [0.15, 0.2) is 5.58 Å². The highest BCUT2D eigenvalue weighted by Crippen LogP contribution is 2.47. The zero-order valence-corrected chi connectivity index (χ0v) is 33.8. The molecule has 0 N–H and O–H groups in total. The summed E-state index contributed by atoms with van der Waals surface area (Å²) in [7, 11) is 0. The van der Waals surface area contributed by atoms with Gasteiger partial charge in [0.2, 0.25) is 5.89 Å². The van der Waals surface area contributed by atoms with Crippen LogP contribution in [0.25, 0.3) is 44.1 Å². The number of oxazole rings is 1. The number of hydrogen-bond donors (Lipinski definition) is 0. The predicted molar refractivity (Wildman–Crippen MR) is 259 cm³/mol. The van der Waals surface area contributed by atoms with E-state index in [0.717, 1.165) is 89.4 Å². The molecule has 0 saturated heterocycles. The highest BCUT2D eigenvalue weighted by atomic mass is 16.3. The van der Waals surface area contributed by atoms with Crippen LogP contribution in [0.4, 0.5) is 51.2 Å². The van der Waals surface area contributed by atoms with E-state index in [-0.39, 0.29) is 0 Å². The lowest BCUT2D eigenvalue weighted by molar-refractivity contribution is 0.620. The minimum Gasteiger partial charge on any atom is -0.436 e. The van der Waals surface area contributed by atoms with Crippen LogP contribution in [0.15, 0.2) is 247 Å². The molecule has 0 atom stereocenters. The number of hydrogen-bond acceptors (Lipinski definition) is 5. The number of aromatic nitrogens is 1. The normalized spacial score (nSPS) is 11.2. The van der Waals surface area contributed by atoms with E-state index < -0.39 is 0 Å². The second-order valence-corrected chi connectivity index (χ2v) is 15.3. The van der Waals surface area contributed by atoms with Crippen molar-refractivity contribution in [1.29, 1.82) is 0 Å². The van der Waals surface area contributed by atoms with Crippen molar-refractivity contribution >= 4 is 83.8 Å². The monoisotopic (exact) mass is 796 g/mol. The summed E-state index contributed by atoms with van der Waals surface area (Å²) in [6.45, 7) is 0. The molecule has 0 fully saturated rings. The molecule has 0 amide bonds. The van der Waals surface area contributed by atoms with Gasteiger partial charge in [-0.25, -0.2) is 4.98 Å². The maximum atomic E-state index is 6.41. The maximum Gasteiger partial charge on any atom is 0.227 e. The summed E-state index contributed by atoms with van der Waals surface area (Å²) in [6.07, 6.45) is 0. The van der Waals surface area contributed by atoms with Crippen molar-refractivity contribution in [1.82, 2.24) is 4.98 Å². The first-order valence-corrected chi connectivity index (χ1v) is 20.9. The summed E-state index contributed by atoms with van der Waals surface area (Å²) < 4.78 is 6.41. The van der Waals surface area contributed by atoms with Gasteiger partial charge in [0.05, 0.1) is 17.1 Å². The predicted octanol–water partition coefficient (Wildman–Crippen LogP) is 16.2. The van der Waals surface area contributed by atoms with Crippen LogP contribution >= 0.6 is 0 Å². The number of benzene rings is 10. The molecule has 11 aromatic rings. The zero-order chi connectivity index (χ0) is 41.2. The number of anilines is 9. The minimum atomic E-state index is 0.610. The van der Waals surface area contributed by atoms with Crippen LogP contribution in [-0.4, -0.2) is 4.98 Å². The van der Waals surface area contributed by atoms with Gasteiger partial charge in [-0.3, -0.25) is 0 Å². The minimum absolute atomic E-state index is 0.610. The van der Waals surface area contributed by atoms with Crippen LogP contribution in [0.5, 0.6) is 0 Å². The Kier molecular flexibility index (Phi) is 9.45. The Labute approximate surface area is 360 Å². The average molecular weight is 797 g/mol. The first kappa shape index (κ1) is 36.7. The van der Waals surface area contributed by atoms with Gasteiger partial charge in [0, 0.05) is 45.1 Å². The van der Waals surface area contributed by atoms with Crippen molar-refractivity contribution in [2.24, 2.45) is 0 Å². The summed E-state index contributed by atoms with van der Waals surface area (Å²) >= 11 is 0. The fraction of sp³-hybridized carbons (Fsp3) is 0. The fourth-order valence-corrected chi connectivity index (χ4v) is 8.55.